The second-order valence-corrected chi connectivity index (χ2v) is 35.4. The number of para-hydroxylation sites is 9. The summed E-state index contributed by atoms with van der Waals surface area (Å²) < 4.78 is 25.2. The molecule has 0 atom stereocenters. The highest BCUT2D eigenvalue weighted by Gasteiger charge is 2.31. The lowest BCUT2D eigenvalue weighted by atomic mass is 10.0. The minimum Gasteiger partial charge on any atom is -0.455 e. The third-order valence-corrected chi connectivity index (χ3v) is 28.7. The third-order valence-electron chi connectivity index (χ3n) is 28.7. The Labute approximate surface area is 767 Å². The molecule has 0 saturated carbocycles. The van der Waals surface area contributed by atoms with E-state index in [9.17, 15) is 21.0 Å². The highest BCUT2D eigenvalue weighted by atomic mass is 16.3. The first-order valence-corrected chi connectivity index (χ1v) is 45.3. The van der Waals surface area contributed by atoms with Crippen molar-refractivity contribution >= 4 is 207 Å². The Hall–Kier alpha value is -19.2. The van der Waals surface area contributed by atoms with Gasteiger partial charge in [0.2, 0.25) is 0 Å². The van der Waals surface area contributed by atoms with Gasteiger partial charge in [-0.3, -0.25) is 0 Å². The fraction of sp³-hybridized carbons (Fsp3) is 0. The summed E-state index contributed by atoms with van der Waals surface area (Å²) in [5, 5.41) is 68.2. The smallest absolute Gasteiger partial charge is 0.145 e. The maximum Gasteiger partial charge on any atom is 0.145 e. The van der Waals surface area contributed by atoms with Crippen LogP contribution in [0.4, 0.5) is 0 Å². The monoisotopic (exact) mass is 1710 g/mol. The van der Waals surface area contributed by atoms with Crippen molar-refractivity contribution in [2.24, 2.45) is 0 Å². The van der Waals surface area contributed by atoms with E-state index in [-0.39, 0.29) is 0 Å². The molecule has 0 radical (unpaired) electrons. The Morgan fingerprint density at radius 3 is 1.07 bits per heavy atom. The summed E-state index contributed by atoms with van der Waals surface area (Å²) in [4.78, 5) is 0. The maximum absolute atomic E-state index is 11.8. The summed E-state index contributed by atoms with van der Waals surface area (Å²) in [7, 11) is 0. The maximum atomic E-state index is 11.8. The van der Waals surface area contributed by atoms with Gasteiger partial charge in [-0.1, -0.05) is 224 Å². The minimum absolute atomic E-state index is 0.391. The van der Waals surface area contributed by atoms with Crippen LogP contribution in [-0.2, 0) is 0 Å². The van der Waals surface area contributed by atoms with E-state index in [1.807, 2.05) is 60.7 Å². The van der Waals surface area contributed by atoms with Crippen LogP contribution in [0.5, 0.6) is 0 Å². The number of rotatable bonds is 9. The molecule has 620 valence electrons. The molecule has 13 nitrogen and oxygen atoms in total. The molecule has 135 heavy (non-hydrogen) atoms. The molecule has 0 bridgehead atoms. The normalized spacial score (nSPS) is 12.1. The van der Waals surface area contributed by atoms with E-state index in [0.29, 0.717) is 45.0 Å². The van der Waals surface area contributed by atoms with E-state index < -0.39 is 0 Å². The molecule has 0 aliphatic heterocycles. The molecule has 0 fully saturated rings. The molecule has 9 heterocycles. The summed E-state index contributed by atoms with van der Waals surface area (Å²) in [6.45, 7) is 0. The van der Waals surface area contributed by atoms with Crippen molar-refractivity contribution < 1.29 is 4.42 Å². The Kier molecular flexibility index (Phi) is 15.1. The Bertz CT molecular complexity index is 10600. The van der Waals surface area contributed by atoms with Crippen molar-refractivity contribution in [2.45, 2.75) is 0 Å². The summed E-state index contributed by atoms with van der Waals surface area (Å²) >= 11 is 0. The van der Waals surface area contributed by atoms with E-state index in [1.165, 1.54) is 10.8 Å². The van der Waals surface area contributed by atoms with Crippen molar-refractivity contribution in [2.75, 3.05) is 0 Å². The van der Waals surface area contributed by atoms with Crippen LogP contribution in [0.1, 0.15) is 22.3 Å². The molecule has 0 spiro atoms. The van der Waals surface area contributed by atoms with E-state index in [0.717, 1.165) is 230 Å². The molecule has 0 unspecified atom stereocenters. The first-order chi connectivity index (χ1) is 66.8. The fourth-order valence-electron chi connectivity index (χ4n) is 23.1. The molecule has 0 aliphatic carbocycles. The minimum atomic E-state index is 0.391. The van der Waals surface area contributed by atoms with Crippen LogP contribution in [0.3, 0.4) is 0 Å². The molecule has 0 saturated heterocycles. The molecule has 29 aromatic rings. The van der Waals surface area contributed by atoms with Crippen molar-refractivity contribution in [3.8, 4) is 80.9 Å². The SMILES string of the molecule is N#Cc1cc(-n2c3ccc(-n4c5ccccc5c5ccccc54)cc3c3c4ccccc4ccc32)c(C#N)cc1-n1c2ccccc2c2cc3c4ccccc4n(-c4cccc(-c5ccc6c(c5)c5ccccc5n6-c5ccc6c(c5)c5c7oc8ccccc8c7ccc5n6-c5cc(C#N)c(-n6c7ccccc7c7ccc8c9ccccc9n(-c9ccccc9)c8c76)cc5C#N)c4)c3cc21. The zero-order valence-corrected chi connectivity index (χ0v) is 71.9. The molecule has 20 aromatic carbocycles. The van der Waals surface area contributed by atoms with E-state index in [1.54, 1.807) is 0 Å². The lowest BCUT2D eigenvalue weighted by Crippen LogP contribution is -2.05. The number of furan rings is 1. The summed E-state index contributed by atoms with van der Waals surface area (Å²) in [5.74, 6) is 0. The quantitative estimate of drug-likeness (QED) is 0.141. The summed E-state index contributed by atoms with van der Waals surface area (Å²) in [6.07, 6.45) is 0. The Morgan fingerprint density at radius 1 is 0.178 bits per heavy atom. The number of hydrogen-bond acceptors (Lipinski definition) is 5. The van der Waals surface area contributed by atoms with Crippen LogP contribution in [0.15, 0.2) is 405 Å². The molecular weight excluding hydrogens is 1650 g/mol. The average Bonchev–Trinajstić information content (AvgIpc) is 1.55. The number of hydrogen-bond donors (Lipinski definition) is 0. The molecular formula is C122H66N12O. The molecule has 9 aromatic heterocycles. The van der Waals surface area contributed by atoms with E-state index in [2.05, 4.69) is 401 Å². The van der Waals surface area contributed by atoms with E-state index in [4.69, 9.17) is 4.42 Å². The van der Waals surface area contributed by atoms with Crippen molar-refractivity contribution in [1.82, 2.24) is 36.5 Å². The van der Waals surface area contributed by atoms with Crippen LogP contribution in [0.25, 0.3) is 264 Å². The second-order valence-electron chi connectivity index (χ2n) is 35.4. The third kappa shape index (κ3) is 10.1. The summed E-state index contributed by atoms with van der Waals surface area (Å²) in [5.41, 5.74) is 27.0. The number of fused-ring (bicyclic) bond motifs is 31. The molecule has 0 aliphatic rings. The number of nitrogens with zero attached hydrogens (tertiary/aromatic N) is 12. The van der Waals surface area contributed by atoms with Gasteiger partial charge in [-0.2, -0.15) is 21.0 Å². The van der Waals surface area contributed by atoms with Gasteiger partial charge in [0, 0.05) is 114 Å². The number of nitriles is 4. The van der Waals surface area contributed by atoms with Crippen LogP contribution in [-0.4, -0.2) is 36.5 Å². The van der Waals surface area contributed by atoms with Gasteiger partial charge in [0.25, 0.3) is 0 Å². The molecule has 0 amide bonds. The molecule has 29 rings (SSSR count). The zero-order chi connectivity index (χ0) is 88.8. The first kappa shape index (κ1) is 73.8. The van der Waals surface area contributed by atoms with Crippen molar-refractivity contribution in [3.05, 3.63) is 423 Å². The highest BCUT2D eigenvalue weighted by molar-refractivity contribution is 6.28. The lowest BCUT2D eigenvalue weighted by Gasteiger charge is -2.17. The Morgan fingerprint density at radius 2 is 0.526 bits per heavy atom. The molecule has 0 N–H and O–H groups in total. The van der Waals surface area contributed by atoms with Crippen LogP contribution in [0, 0.1) is 45.3 Å². The Balaban J connectivity index is 0.572. The number of aromatic nitrogens is 8. The fourth-order valence-corrected chi connectivity index (χ4v) is 23.1. The summed E-state index contributed by atoms with van der Waals surface area (Å²) in [6, 6.07) is 152. The standard InChI is InChI=1S/C122H66N12O/c123-67-74-60-113(75(68-124)59-111(74)131-107-54-47-80(63-97(107)118-82-28-5-4-23-71(82)45-53-109(118)131)127-99-37-14-6-29-83(99)84-30-7-15-38-100(84)127)133-104-42-19-12-35-89(104)96-65-95-88-34-11-17-40-102(88)129(115(95)66-116(96)133)79-27-22-24-72(57-79)73-46-52-106-94(58-73)87-33-10-16-39-101(87)128(106)81-48-55-108-98(64-81)119-110(56-51-93-90-36-13-21-44-117(90)135-122(93)119)132(108)112-61-77(70-126)114(62-76(112)69-125)134-105-43-20-9-32-86(105)92-50-49-91-85-31-8-18-41-103(85)130(120(91)121(92)134)78-25-2-1-3-26-78/h1-66H. The van der Waals surface area contributed by atoms with Crippen LogP contribution >= 0.6 is 0 Å². The van der Waals surface area contributed by atoms with Gasteiger partial charge in [0.15, 0.2) is 0 Å². The van der Waals surface area contributed by atoms with E-state index >= 15 is 0 Å². The molecule has 13 heteroatoms. The van der Waals surface area contributed by atoms with Crippen LogP contribution in [0.2, 0.25) is 0 Å². The van der Waals surface area contributed by atoms with Crippen molar-refractivity contribution in [1.29, 1.82) is 21.0 Å². The predicted octanol–water partition coefficient (Wildman–Crippen LogP) is 30.7. The second kappa shape index (κ2) is 27.7. The van der Waals surface area contributed by atoms with Crippen LogP contribution < -0.4 is 0 Å². The lowest BCUT2D eigenvalue weighted by molar-refractivity contribution is 0.673. The zero-order valence-electron chi connectivity index (χ0n) is 71.9. The van der Waals surface area contributed by atoms with Gasteiger partial charge < -0.3 is 41.0 Å². The highest BCUT2D eigenvalue weighted by Crippen LogP contribution is 2.50. The van der Waals surface area contributed by atoms with Gasteiger partial charge >= 0.3 is 0 Å². The van der Waals surface area contributed by atoms with Gasteiger partial charge in [0.1, 0.15) is 35.4 Å². The van der Waals surface area contributed by atoms with Crippen molar-refractivity contribution in [3.63, 3.8) is 0 Å². The topological polar surface area (TPSA) is 148 Å². The first-order valence-electron chi connectivity index (χ1n) is 45.3. The number of benzene rings is 20. The largest absolute Gasteiger partial charge is 0.455 e. The van der Waals surface area contributed by atoms with Gasteiger partial charge in [0.05, 0.1) is 139 Å². The average molecular weight is 1720 g/mol. The van der Waals surface area contributed by atoms with Gasteiger partial charge in [-0.25, -0.2) is 0 Å². The van der Waals surface area contributed by atoms with Gasteiger partial charge in [-0.15, -0.1) is 0 Å². The van der Waals surface area contributed by atoms with Gasteiger partial charge in [-0.05, 0) is 198 Å². The predicted molar refractivity (Wildman–Crippen MR) is 550 cm³/mol.